The van der Waals surface area contributed by atoms with Crippen LogP contribution in [-0.2, 0) is 4.74 Å². The average molecular weight is 384 g/mol. The van der Waals surface area contributed by atoms with E-state index in [1.54, 1.807) is 23.1 Å². The fraction of sp³-hybridized carbons (Fsp3) is 0.381. The zero-order valence-corrected chi connectivity index (χ0v) is 16.5. The molecule has 0 saturated heterocycles. The molecule has 28 heavy (non-hydrogen) atoms. The standard InChI is InChI=1S/C21H24N2O5/c1-21(2,3)28-20(26)23-11-9-13(10-12-23)14-5-6-16(19(24)25)18-15(14)7-8-17(22-18)27-4/h5-9H,10-12H2,1-4H3,(H,24,25). The van der Waals surface area contributed by atoms with Crippen molar-refractivity contribution in [2.75, 3.05) is 20.2 Å². The molecule has 0 unspecified atom stereocenters. The maximum Gasteiger partial charge on any atom is 0.410 e. The number of aromatic nitrogens is 1. The Morgan fingerprint density at radius 1 is 1.18 bits per heavy atom. The minimum atomic E-state index is -1.04. The van der Waals surface area contributed by atoms with Crippen molar-refractivity contribution >= 4 is 28.5 Å². The highest BCUT2D eigenvalue weighted by Gasteiger charge is 2.25. The predicted octanol–water partition coefficient (Wildman–Crippen LogP) is 3.97. The minimum absolute atomic E-state index is 0.129. The van der Waals surface area contributed by atoms with E-state index in [1.807, 2.05) is 32.9 Å². The summed E-state index contributed by atoms with van der Waals surface area (Å²) in [5.74, 6) is -0.674. The van der Waals surface area contributed by atoms with Crippen LogP contribution >= 0.6 is 0 Å². The number of fused-ring (bicyclic) bond motifs is 1. The zero-order valence-electron chi connectivity index (χ0n) is 16.5. The molecule has 0 spiro atoms. The van der Waals surface area contributed by atoms with Gasteiger partial charge in [0.05, 0.1) is 18.2 Å². The molecule has 7 heteroatoms. The molecule has 1 N–H and O–H groups in total. The van der Waals surface area contributed by atoms with E-state index in [9.17, 15) is 14.7 Å². The number of rotatable bonds is 3. The predicted molar refractivity (Wildman–Crippen MR) is 106 cm³/mol. The van der Waals surface area contributed by atoms with Crippen LogP contribution in [0.4, 0.5) is 4.79 Å². The number of benzene rings is 1. The number of aromatic carboxylic acids is 1. The summed E-state index contributed by atoms with van der Waals surface area (Å²) in [5.41, 5.74) is 1.95. The van der Waals surface area contributed by atoms with Crippen molar-refractivity contribution in [2.24, 2.45) is 0 Å². The van der Waals surface area contributed by atoms with Crippen LogP contribution in [0.2, 0.25) is 0 Å². The van der Waals surface area contributed by atoms with E-state index in [1.165, 1.54) is 7.11 Å². The number of carbonyl (C=O) groups excluding carboxylic acids is 1. The van der Waals surface area contributed by atoms with Crippen LogP contribution < -0.4 is 4.74 Å². The van der Waals surface area contributed by atoms with Crippen molar-refractivity contribution < 1.29 is 24.2 Å². The minimum Gasteiger partial charge on any atom is -0.481 e. The van der Waals surface area contributed by atoms with Gasteiger partial charge in [-0.15, -0.1) is 0 Å². The second kappa shape index (κ2) is 7.50. The monoisotopic (exact) mass is 384 g/mol. The topological polar surface area (TPSA) is 89.0 Å². The Labute approximate surface area is 163 Å². The second-order valence-corrected chi connectivity index (χ2v) is 7.62. The molecule has 0 bridgehead atoms. The highest BCUT2D eigenvalue weighted by molar-refractivity contribution is 6.05. The lowest BCUT2D eigenvalue weighted by Gasteiger charge is -2.30. The number of amides is 1. The molecule has 7 nitrogen and oxygen atoms in total. The second-order valence-electron chi connectivity index (χ2n) is 7.62. The third kappa shape index (κ3) is 4.08. The van der Waals surface area contributed by atoms with Gasteiger partial charge < -0.3 is 19.5 Å². The quantitative estimate of drug-likeness (QED) is 0.861. The third-order valence-corrected chi connectivity index (χ3v) is 4.48. The number of nitrogens with zero attached hydrogens (tertiary/aromatic N) is 2. The van der Waals surface area contributed by atoms with E-state index < -0.39 is 11.6 Å². The lowest BCUT2D eigenvalue weighted by atomic mass is 9.94. The van der Waals surface area contributed by atoms with E-state index in [0.29, 0.717) is 30.9 Å². The maximum atomic E-state index is 12.2. The van der Waals surface area contributed by atoms with Gasteiger partial charge in [0.25, 0.3) is 0 Å². The Kier molecular flexibility index (Phi) is 5.27. The van der Waals surface area contributed by atoms with E-state index in [-0.39, 0.29) is 11.7 Å². The summed E-state index contributed by atoms with van der Waals surface area (Å²) in [6.45, 7) is 6.50. The molecule has 0 saturated carbocycles. The molecular weight excluding hydrogens is 360 g/mol. The molecule has 0 aliphatic carbocycles. The lowest BCUT2D eigenvalue weighted by Crippen LogP contribution is -2.39. The first kappa shape index (κ1) is 19.7. The van der Waals surface area contributed by atoms with Crippen molar-refractivity contribution in [3.8, 4) is 5.88 Å². The number of hydrogen-bond donors (Lipinski definition) is 1. The molecule has 1 aliphatic rings. The van der Waals surface area contributed by atoms with Gasteiger partial charge in [-0.2, -0.15) is 0 Å². The molecule has 1 aromatic heterocycles. The van der Waals surface area contributed by atoms with Crippen molar-refractivity contribution in [2.45, 2.75) is 32.8 Å². The van der Waals surface area contributed by atoms with Crippen LogP contribution in [0.3, 0.4) is 0 Å². The van der Waals surface area contributed by atoms with Crippen LogP contribution in [0.25, 0.3) is 16.5 Å². The normalized spacial score (nSPS) is 14.6. The van der Waals surface area contributed by atoms with Crippen molar-refractivity contribution in [3.63, 3.8) is 0 Å². The number of carbonyl (C=O) groups is 2. The first-order valence-corrected chi connectivity index (χ1v) is 9.08. The number of carboxylic acid groups (broad SMARTS) is 1. The first-order chi connectivity index (χ1) is 13.2. The zero-order chi connectivity index (χ0) is 20.5. The summed E-state index contributed by atoms with van der Waals surface area (Å²) >= 11 is 0. The summed E-state index contributed by atoms with van der Waals surface area (Å²) in [6, 6.07) is 6.90. The largest absolute Gasteiger partial charge is 0.481 e. The first-order valence-electron chi connectivity index (χ1n) is 9.08. The molecule has 148 valence electrons. The maximum absolute atomic E-state index is 12.2. The molecule has 3 rings (SSSR count). The van der Waals surface area contributed by atoms with Gasteiger partial charge in [-0.3, -0.25) is 0 Å². The van der Waals surface area contributed by atoms with Gasteiger partial charge in [-0.25, -0.2) is 14.6 Å². The summed E-state index contributed by atoms with van der Waals surface area (Å²) in [5, 5.41) is 10.2. The van der Waals surface area contributed by atoms with Gasteiger partial charge in [0.1, 0.15) is 5.60 Å². The molecule has 1 amide bonds. The summed E-state index contributed by atoms with van der Waals surface area (Å²) in [7, 11) is 1.49. The highest BCUT2D eigenvalue weighted by Crippen LogP contribution is 2.32. The van der Waals surface area contributed by atoms with Crippen LogP contribution in [-0.4, -0.2) is 52.9 Å². The van der Waals surface area contributed by atoms with Crippen LogP contribution in [0.1, 0.15) is 43.1 Å². The molecule has 2 aromatic rings. The fourth-order valence-electron chi connectivity index (χ4n) is 3.17. The Morgan fingerprint density at radius 3 is 2.50 bits per heavy atom. The Hall–Kier alpha value is -3.09. The number of pyridine rings is 1. The SMILES string of the molecule is COc1ccc2c(C3=CCN(C(=O)OC(C)(C)C)CC3)ccc(C(=O)O)c2n1. The fourth-order valence-corrected chi connectivity index (χ4v) is 3.17. The van der Waals surface area contributed by atoms with E-state index in [0.717, 1.165) is 16.5 Å². The summed E-state index contributed by atoms with van der Waals surface area (Å²) in [4.78, 5) is 29.8. The van der Waals surface area contributed by atoms with Crippen LogP contribution in [0, 0.1) is 0 Å². The lowest BCUT2D eigenvalue weighted by molar-refractivity contribution is 0.0270. The van der Waals surface area contributed by atoms with Gasteiger partial charge in [0.15, 0.2) is 0 Å². The number of hydrogen-bond acceptors (Lipinski definition) is 5. The highest BCUT2D eigenvalue weighted by atomic mass is 16.6. The van der Waals surface area contributed by atoms with E-state index >= 15 is 0 Å². The van der Waals surface area contributed by atoms with Gasteiger partial charge in [0, 0.05) is 24.5 Å². The van der Waals surface area contributed by atoms with E-state index in [2.05, 4.69) is 4.98 Å². The molecule has 0 radical (unpaired) electrons. The van der Waals surface area contributed by atoms with Gasteiger partial charge in [0.2, 0.25) is 5.88 Å². The summed E-state index contributed by atoms with van der Waals surface area (Å²) < 4.78 is 10.6. The molecule has 1 aromatic carbocycles. The van der Waals surface area contributed by atoms with E-state index in [4.69, 9.17) is 9.47 Å². The molecule has 1 aliphatic heterocycles. The number of carboxylic acids is 1. The van der Waals surface area contributed by atoms with Gasteiger partial charge in [-0.1, -0.05) is 12.1 Å². The Bertz CT molecular complexity index is 959. The average Bonchev–Trinajstić information content (AvgIpc) is 2.65. The van der Waals surface area contributed by atoms with Crippen LogP contribution in [0.15, 0.2) is 30.3 Å². The number of methoxy groups -OCH3 is 1. The molecule has 2 heterocycles. The van der Waals surface area contributed by atoms with Crippen molar-refractivity contribution in [1.82, 2.24) is 9.88 Å². The summed E-state index contributed by atoms with van der Waals surface area (Å²) in [6.07, 6.45) is 2.29. The molecule has 0 fully saturated rings. The van der Waals surface area contributed by atoms with Gasteiger partial charge >= 0.3 is 12.1 Å². The van der Waals surface area contributed by atoms with Crippen LogP contribution in [0.5, 0.6) is 5.88 Å². The molecular formula is C21H24N2O5. The molecule has 0 atom stereocenters. The smallest absolute Gasteiger partial charge is 0.410 e. The van der Waals surface area contributed by atoms with Crippen molar-refractivity contribution in [3.05, 3.63) is 41.5 Å². The Balaban J connectivity index is 1.93. The van der Waals surface area contributed by atoms with Crippen molar-refractivity contribution in [1.29, 1.82) is 0 Å². The third-order valence-electron chi connectivity index (χ3n) is 4.48. The van der Waals surface area contributed by atoms with Gasteiger partial charge in [-0.05, 0) is 50.5 Å². The Morgan fingerprint density at radius 2 is 1.93 bits per heavy atom. The number of ether oxygens (including phenoxy) is 2.